The predicted octanol–water partition coefficient (Wildman–Crippen LogP) is 5.79. The number of carbonyl (C=O) groups is 1. The van der Waals surface area contributed by atoms with Crippen molar-refractivity contribution in [3.8, 4) is 5.75 Å². The lowest BCUT2D eigenvalue weighted by Gasteiger charge is -2.37. The van der Waals surface area contributed by atoms with Gasteiger partial charge in [0.15, 0.2) is 5.79 Å². The van der Waals surface area contributed by atoms with Gasteiger partial charge in [0.2, 0.25) is 0 Å². The van der Waals surface area contributed by atoms with E-state index in [2.05, 4.69) is 99.6 Å². The van der Waals surface area contributed by atoms with Gasteiger partial charge in [0.1, 0.15) is 18.5 Å². The number of aryl methyl sites for hydroxylation is 1. The van der Waals surface area contributed by atoms with Crippen LogP contribution in [0.4, 0.5) is 11.4 Å². The second kappa shape index (κ2) is 15.0. The minimum Gasteiger partial charge on any atom is -0.491 e. The van der Waals surface area contributed by atoms with Crippen LogP contribution in [0.25, 0.3) is 0 Å². The van der Waals surface area contributed by atoms with Gasteiger partial charge in [-0.05, 0) is 80.3 Å². The first-order valence-electron chi connectivity index (χ1n) is 17.7. The standard InChI is InChI=1S/C40H46N6O4/c1-4-30(3)46-39(47)33(26-43-46)23-31-7-11-35(12-8-31)44-19-21-45(22-20-44)36-13-15-37(16-14-36)48-27-38-28-49-40(50-38,24-32-17-18-41-42-25-32)34-9-5-29(2)6-10-34/h5-18,25-26,30,33,38H,4,19-24,27-28H2,1-3H3/t30?,33?,38-,40-/m1/s1. The highest BCUT2D eigenvalue weighted by atomic mass is 16.8. The molecule has 1 amide bonds. The van der Waals surface area contributed by atoms with Crippen LogP contribution in [-0.4, -0.2) is 78.9 Å². The van der Waals surface area contributed by atoms with Crippen LogP contribution < -0.4 is 14.5 Å². The monoisotopic (exact) mass is 674 g/mol. The normalized spacial score (nSPS) is 22.7. The third kappa shape index (κ3) is 7.51. The van der Waals surface area contributed by atoms with E-state index in [1.54, 1.807) is 23.6 Å². The van der Waals surface area contributed by atoms with E-state index in [1.165, 1.54) is 16.9 Å². The maximum atomic E-state index is 12.8. The van der Waals surface area contributed by atoms with Gasteiger partial charge in [-0.1, -0.05) is 48.9 Å². The molecule has 1 aromatic heterocycles. The average molecular weight is 675 g/mol. The minimum absolute atomic E-state index is 0.104. The first-order chi connectivity index (χ1) is 24.4. The van der Waals surface area contributed by atoms with Crippen LogP contribution in [0.1, 0.15) is 42.5 Å². The average Bonchev–Trinajstić information content (AvgIpc) is 3.74. The number of hydrogen-bond donors (Lipinski definition) is 0. The van der Waals surface area contributed by atoms with Gasteiger partial charge >= 0.3 is 0 Å². The van der Waals surface area contributed by atoms with Gasteiger partial charge in [-0.3, -0.25) is 4.79 Å². The van der Waals surface area contributed by atoms with Crippen LogP contribution in [-0.2, 0) is 32.9 Å². The van der Waals surface area contributed by atoms with E-state index in [1.807, 2.05) is 25.1 Å². The number of anilines is 2. The Bertz CT molecular complexity index is 1740. The molecule has 2 fully saturated rings. The molecule has 4 aromatic rings. The summed E-state index contributed by atoms with van der Waals surface area (Å²) in [6, 6.07) is 27.4. The van der Waals surface area contributed by atoms with Gasteiger partial charge in [-0.25, -0.2) is 5.01 Å². The number of benzene rings is 3. The molecular weight excluding hydrogens is 628 g/mol. The van der Waals surface area contributed by atoms with E-state index in [-0.39, 0.29) is 24.0 Å². The summed E-state index contributed by atoms with van der Waals surface area (Å²) < 4.78 is 19.2. The molecule has 0 spiro atoms. The van der Waals surface area contributed by atoms with E-state index < -0.39 is 5.79 Å². The second-order valence-corrected chi connectivity index (χ2v) is 13.6. The van der Waals surface area contributed by atoms with Gasteiger partial charge in [0.25, 0.3) is 5.91 Å². The van der Waals surface area contributed by atoms with Gasteiger partial charge in [-0.15, -0.1) is 0 Å². The van der Waals surface area contributed by atoms with Crippen molar-refractivity contribution in [2.75, 3.05) is 49.2 Å². The molecule has 2 saturated heterocycles. The molecule has 0 saturated carbocycles. The summed E-state index contributed by atoms with van der Waals surface area (Å²) in [5, 5.41) is 14.0. The summed E-state index contributed by atoms with van der Waals surface area (Å²) in [7, 11) is 0. The zero-order chi connectivity index (χ0) is 34.5. The van der Waals surface area contributed by atoms with Crippen molar-refractivity contribution in [1.82, 2.24) is 15.2 Å². The number of ether oxygens (including phenoxy) is 3. The van der Waals surface area contributed by atoms with E-state index >= 15 is 0 Å². The van der Waals surface area contributed by atoms with Crippen LogP contribution in [0.3, 0.4) is 0 Å². The Morgan fingerprint density at radius 3 is 2.20 bits per heavy atom. The Kier molecular flexibility index (Phi) is 10.1. The fourth-order valence-corrected chi connectivity index (χ4v) is 6.84. The summed E-state index contributed by atoms with van der Waals surface area (Å²) in [4.78, 5) is 17.6. The Balaban J connectivity index is 0.889. The molecule has 4 atom stereocenters. The number of nitrogens with zero attached hydrogens (tertiary/aromatic N) is 6. The maximum absolute atomic E-state index is 12.8. The van der Waals surface area contributed by atoms with Crippen molar-refractivity contribution >= 4 is 23.5 Å². The fraction of sp³-hybridized carbons (Fsp3) is 0.400. The second-order valence-electron chi connectivity index (χ2n) is 13.6. The molecule has 10 heteroatoms. The van der Waals surface area contributed by atoms with E-state index in [4.69, 9.17) is 14.2 Å². The van der Waals surface area contributed by atoms with Gasteiger partial charge in [0, 0.05) is 61.9 Å². The van der Waals surface area contributed by atoms with Gasteiger partial charge in [0.05, 0.1) is 24.8 Å². The lowest BCUT2D eigenvalue weighted by atomic mass is 9.98. The van der Waals surface area contributed by atoms with Crippen molar-refractivity contribution in [2.24, 2.45) is 11.0 Å². The molecule has 3 aliphatic rings. The highest BCUT2D eigenvalue weighted by Gasteiger charge is 2.43. The first kappa shape index (κ1) is 33.7. The van der Waals surface area contributed by atoms with E-state index in [0.717, 1.165) is 55.0 Å². The quantitative estimate of drug-likeness (QED) is 0.187. The number of amides is 1. The summed E-state index contributed by atoms with van der Waals surface area (Å²) in [6.07, 6.45) is 7.15. The van der Waals surface area contributed by atoms with E-state index in [9.17, 15) is 4.79 Å². The van der Waals surface area contributed by atoms with Crippen molar-refractivity contribution in [3.05, 3.63) is 114 Å². The SMILES string of the molecule is CCC(C)N1N=CC(Cc2ccc(N3CCN(c4ccc(OC[C@@H]5CO[C@@](Cc6ccnnc6)(c6ccc(C)cc6)O5)cc4)CC3)cc2)C1=O. The smallest absolute Gasteiger partial charge is 0.251 e. The van der Waals surface area contributed by atoms with Crippen LogP contribution in [0.15, 0.2) is 96.4 Å². The van der Waals surface area contributed by atoms with Gasteiger partial charge < -0.3 is 24.0 Å². The molecule has 10 nitrogen and oxygen atoms in total. The molecule has 3 aromatic carbocycles. The Hall–Kier alpha value is -4.80. The fourth-order valence-electron chi connectivity index (χ4n) is 6.84. The molecular formula is C40H46N6O4. The maximum Gasteiger partial charge on any atom is 0.251 e. The van der Waals surface area contributed by atoms with Crippen LogP contribution >= 0.6 is 0 Å². The number of aromatic nitrogens is 2. The Morgan fingerprint density at radius 1 is 0.880 bits per heavy atom. The minimum atomic E-state index is -0.903. The third-order valence-corrected chi connectivity index (χ3v) is 10.0. The summed E-state index contributed by atoms with van der Waals surface area (Å²) in [6.45, 7) is 10.8. The van der Waals surface area contributed by atoms with Crippen LogP contribution in [0.2, 0.25) is 0 Å². The van der Waals surface area contributed by atoms with Crippen molar-refractivity contribution in [2.45, 2.75) is 58.0 Å². The highest BCUT2D eigenvalue weighted by molar-refractivity contribution is 5.97. The molecule has 50 heavy (non-hydrogen) atoms. The van der Waals surface area contributed by atoms with Crippen molar-refractivity contribution < 1.29 is 19.0 Å². The lowest BCUT2D eigenvalue weighted by molar-refractivity contribution is -0.178. The number of rotatable bonds is 12. The first-order valence-corrected chi connectivity index (χ1v) is 17.7. The lowest BCUT2D eigenvalue weighted by Crippen LogP contribution is -2.46. The Morgan fingerprint density at radius 2 is 1.56 bits per heavy atom. The molecule has 2 unspecified atom stereocenters. The zero-order valence-electron chi connectivity index (χ0n) is 29.1. The number of hydrazone groups is 1. The molecule has 260 valence electrons. The largest absolute Gasteiger partial charge is 0.491 e. The zero-order valence-corrected chi connectivity index (χ0v) is 29.1. The highest BCUT2D eigenvalue weighted by Crippen LogP contribution is 2.38. The molecule has 0 aliphatic carbocycles. The number of carbonyl (C=O) groups excluding carboxylic acids is 1. The number of hydrogen-bond acceptors (Lipinski definition) is 9. The van der Waals surface area contributed by atoms with Crippen LogP contribution in [0, 0.1) is 12.8 Å². The molecule has 0 radical (unpaired) electrons. The molecule has 4 heterocycles. The molecule has 0 N–H and O–H groups in total. The van der Waals surface area contributed by atoms with Crippen LogP contribution in [0.5, 0.6) is 5.75 Å². The molecule has 7 rings (SSSR count). The summed E-state index contributed by atoms with van der Waals surface area (Å²) in [5.74, 6) is -0.169. The predicted molar refractivity (Wildman–Crippen MR) is 195 cm³/mol. The topological polar surface area (TPSA) is 92.6 Å². The summed E-state index contributed by atoms with van der Waals surface area (Å²) in [5.41, 5.74) is 6.71. The third-order valence-electron chi connectivity index (χ3n) is 10.0. The van der Waals surface area contributed by atoms with Gasteiger partial charge in [-0.2, -0.15) is 15.3 Å². The number of piperazine rings is 1. The summed E-state index contributed by atoms with van der Waals surface area (Å²) >= 11 is 0. The molecule has 3 aliphatic heterocycles. The van der Waals surface area contributed by atoms with E-state index in [0.29, 0.717) is 26.1 Å². The Labute approximate surface area is 294 Å². The van der Waals surface area contributed by atoms with Crippen molar-refractivity contribution in [3.63, 3.8) is 0 Å². The molecule has 0 bridgehead atoms. The van der Waals surface area contributed by atoms with Crippen molar-refractivity contribution in [1.29, 1.82) is 0 Å².